The molecule has 29 heavy (non-hydrogen) atoms. The van der Waals surface area contributed by atoms with Crippen molar-refractivity contribution in [2.45, 2.75) is 45.6 Å². The molecule has 0 aliphatic heterocycles. The quantitative estimate of drug-likeness (QED) is 0.465. The van der Waals surface area contributed by atoms with E-state index in [9.17, 15) is 15.0 Å². The highest BCUT2D eigenvalue weighted by molar-refractivity contribution is 7.17. The highest BCUT2D eigenvalue weighted by atomic mass is 32.1. The second kappa shape index (κ2) is 7.61. The molecule has 2 N–H and O–H groups in total. The van der Waals surface area contributed by atoms with E-state index in [4.69, 9.17) is 9.72 Å². The zero-order valence-corrected chi connectivity index (χ0v) is 17.4. The first-order chi connectivity index (χ1) is 13.9. The van der Waals surface area contributed by atoms with Crippen LogP contribution in [0.15, 0.2) is 30.3 Å². The molecular formula is C21H23N3O4S. The summed E-state index contributed by atoms with van der Waals surface area (Å²) in [5.74, 6) is 0.0603. The van der Waals surface area contributed by atoms with Gasteiger partial charge in [0.1, 0.15) is 9.88 Å². The number of aliphatic hydroxyl groups is 2. The summed E-state index contributed by atoms with van der Waals surface area (Å²) in [7, 11) is 0. The Kier molecular flexibility index (Phi) is 5.14. The molecule has 1 aliphatic carbocycles. The van der Waals surface area contributed by atoms with Crippen molar-refractivity contribution in [1.29, 1.82) is 0 Å². The third-order valence-electron chi connectivity index (χ3n) is 4.94. The van der Waals surface area contributed by atoms with Crippen molar-refractivity contribution >= 4 is 28.4 Å². The zero-order valence-electron chi connectivity index (χ0n) is 16.5. The number of hydrogen-bond donors (Lipinski definition) is 2. The number of aliphatic hydroxyl groups excluding tert-OH is 2. The van der Waals surface area contributed by atoms with E-state index >= 15 is 0 Å². The van der Waals surface area contributed by atoms with Crippen molar-refractivity contribution < 1.29 is 19.7 Å². The average Bonchev–Trinajstić information content (AvgIpc) is 3.29. The minimum Gasteiger partial charge on any atom is -0.512 e. The predicted octanol–water partition coefficient (Wildman–Crippen LogP) is 4.18. The molecule has 152 valence electrons. The number of allylic oxidation sites excluding steroid dienone is 1. The van der Waals surface area contributed by atoms with Gasteiger partial charge < -0.3 is 14.9 Å². The predicted molar refractivity (Wildman–Crippen MR) is 111 cm³/mol. The fraction of sp³-hybridized carbons (Fsp3) is 0.381. The molecule has 7 nitrogen and oxygen atoms in total. The van der Waals surface area contributed by atoms with Crippen LogP contribution in [-0.2, 0) is 4.74 Å². The molecule has 0 amide bonds. The van der Waals surface area contributed by atoms with E-state index in [1.165, 1.54) is 11.3 Å². The van der Waals surface area contributed by atoms with Gasteiger partial charge in [-0.15, -0.1) is 11.3 Å². The first kappa shape index (κ1) is 19.6. The van der Waals surface area contributed by atoms with Crippen molar-refractivity contribution in [3.05, 3.63) is 46.4 Å². The number of pyridine rings is 1. The lowest BCUT2D eigenvalue weighted by molar-refractivity contribution is 0.0530. The van der Waals surface area contributed by atoms with Gasteiger partial charge in [0.2, 0.25) is 0 Å². The Balaban J connectivity index is 1.81. The van der Waals surface area contributed by atoms with Gasteiger partial charge in [-0.3, -0.25) is 0 Å². The molecule has 1 atom stereocenters. The lowest BCUT2D eigenvalue weighted by Gasteiger charge is -2.11. The topological polar surface area (TPSA) is 97.0 Å². The summed E-state index contributed by atoms with van der Waals surface area (Å²) >= 11 is 1.34. The van der Waals surface area contributed by atoms with E-state index in [-0.39, 0.29) is 11.7 Å². The summed E-state index contributed by atoms with van der Waals surface area (Å²) < 4.78 is 6.90. The normalized spacial score (nSPS) is 16.0. The van der Waals surface area contributed by atoms with Gasteiger partial charge in [-0.25, -0.2) is 14.3 Å². The van der Waals surface area contributed by atoms with Crippen LogP contribution in [0.2, 0.25) is 0 Å². The molecule has 0 aromatic carbocycles. The molecule has 1 saturated carbocycles. The van der Waals surface area contributed by atoms with Gasteiger partial charge in [0.25, 0.3) is 0 Å². The molecule has 0 saturated heterocycles. The largest absolute Gasteiger partial charge is 0.512 e. The van der Waals surface area contributed by atoms with Crippen molar-refractivity contribution in [3.8, 4) is 10.6 Å². The van der Waals surface area contributed by atoms with Gasteiger partial charge in [0, 0.05) is 28.8 Å². The summed E-state index contributed by atoms with van der Waals surface area (Å²) in [5.41, 5.74) is 3.51. The molecule has 0 bridgehead atoms. The maximum Gasteiger partial charge on any atom is 0.350 e. The summed E-state index contributed by atoms with van der Waals surface area (Å²) in [5, 5.41) is 25.2. The van der Waals surface area contributed by atoms with Crippen LogP contribution < -0.4 is 0 Å². The van der Waals surface area contributed by atoms with Gasteiger partial charge in [0.15, 0.2) is 0 Å². The lowest BCUT2D eigenvalue weighted by Crippen LogP contribution is -2.06. The van der Waals surface area contributed by atoms with Crippen LogP contribution in [0.1, 0.15) is 60.5 Å². The Bertz CT molecular complexity index is 1100. The van der Waals surface area contributed by atoms with Crippen molar-refractivity contribution in [1.82, 2.24) is 14.6 Å². The standard InChI is InChI=1S/C21H23N3O4S/c1-4-28-21(27)19-18(13-5-6-13)23-20(29-19)14-7-8-24-16(9-14)15(10-22-24)17(11(2)25)12(3)26/h7-11,13,25-26H,4-6H2,1-3H3/b17-12+. The number of esters is 1. The van der Waals surface area contributed by atoms with E-state index < -0.39 is 6.10 Å². The first-order valence-electron chi connectivity index (χ1n) is 9.64. The molecular weight excluding hydrogens is 390 g/mol. The van der Waals surface area contributed by atoms with Crippen LogP contribution in [0.3, 0.4) is 0 Å². The van der Waals surface area contributed by atoms with Crippen molar-refractivity contribution in [3.63, 3.8) is 0 Å². The van der Waals surface area contributed by atoms with E-state index in [2.05, 4.69) is 5.10 Å². The van der Waals surface area contributed by atoms with Gasteiger partial charge in [0.05, 0.1) is 35.9 Å². The zero-order chi connectivity index (χ0) is 20.7. The molecule has 3 heterocycles. The maximum absolute atomic E-state index is 12.4. The number of carbonyl (C=O) groups excluding carboxylic acids is 1. The monoisotopic (exact) mass is 413 g/mol. The molecule has 4 rings (SSSR count). The van der Waals surface area contributed by atoms with Gasteiger partial charge in [-0.2, -0.15) is 5.10 Å². The second-order valence-electron chi connectivity index (χ2n) is 7.21. The number of nitrogens with zero attached hydrogens (tertiary/aromatic N) is 3. The van der Waals surface area contributed by atoms with Crippen LogP contribution in [0.25, 0.3) is 21.7 Å². The van der Waals surface area contributed by atoms with Gasteiger partial charge in [-0.05, 0) is 45.7 Å². The van der Waals surface area contributed by atoms with E-state index in [0.717, 1.165) is 34.6 Å². The molecule has 0 spiro atoms. The summed E-state index contributed by atoms with van der Waals surface area (Å²) in [6.45, 7) is 5.28. The number of thiazole rings is 1. The third-order valence-corrected chi connectivity index (χ3v) is 6.04. The number of carbonyl (C=O) groups is 1. The Labute approximate surface area is 172 Å². The smallest absolute Gasteiger partial charge is 0.350 e. The Hall–Kier alpha value is -2.71. The molecule has 1 unspecified atom stereocenters. The van der Waals surface area contributed by atoms with E-state index in [1.807, 2.05) is 18.3 Å². The number of aromatic nitrogens is 3. The maximum atomic E-state index is 12.4. The third kappa shape index (κ3) is 3.65. The summed E-state index contributed by atoms with van der Waals surface area (Å²) in [6.07, 6.45) is 4.68. The number of rotatable bonds is 6. The Morgan fingerprint density at radius 1 is 1.45 bits per heavy atom. The number of hydrogen-bond acceptors (Lipinski definition) is 7. The van der Waals surface area contributed by atoms with Gasteiger partial charge in [-0.1, -0.05) is 0 Å². The van der Waals surface area contributed by atoms with Crippen LogP contribution in [-0.4, -0.2) is 43.5 Å². The molecule has 1 aliphatic rings. The van der Waals surface area contributed by atoms with Crippen molar-refractivity contribution in [2.75, 3.05) is 6.61 Å². The van der Waals surface area contributed by atoms with E-state index in [1.54, 1.807) is 31.5 Å². The van der Waals surface area contributed by atoms with Crippen LogP contribution in [0.5, 0.6) is 0 Å². The number of ether oxygens (including phenoxy) is 1. The van der Waals surface area contributed by atoms with Crippen LogP contribution >= 0.6 is 11.3 Å². The Morgan fingerprint density at radius 3 is 2.83 bits per heavy atom. The SMILES string of the molecule is CCOC(=O)c1sc(-c2ccn3ncc(/C(=C(\C)O)C(C)O)c3c2)nc1C1CC1. The molecule has 8 heteroatoms. The molecule has 3 aromatic heterocycles. The Morgan fingerprint density at radius 2 is 2.21 bits per heavy atom. The van der Waals surface area contributed by atoms with Crippen molar-refractivity contribution in [2.24, 2.45) is 0 Å². The first-order valence-corrected chi connectivity index (χ1v) is 10.5. The highest BCUT2D eigenvalue weighted by Gasteiger charge is 2.33. The summed E-state index contributed by atoms with van der Waals surface area (Å²) in [6, 6.07) is 3.81. The van der Waals surface area contributed by atoms with Crippen LogP contribution in [0, 0.1) is 0 Å². The molecule has 1 fully saturated rings. The number of fused-ring (bicyclic) bond motifs is 1. The molecule has 3 aromatic rings. The minimum absolute atomic E-state index is 0.0511. The van der Waals surface area contributed by atoms with E-state index in [0.29, 0.717) is 28.5 Å². The average molecular weight is 413 g/mol. The second-order valence-corrected chi connectivity index (χ2v) is 8.21. The van der Waals surface area contributed by atoms with Gasteiger partial charge >= 0.3 is 5.97 Å². The highest BCUT2D eigenvalue weighted by Crippen LogP contribution is 2.44. The fourth-order valence-electron chi connectivity index (χ4n) is 3.48. The molecule has 0 radical (unpaired) electrons. The lowest BCUT2D eigenvalue weighted by atomic mass is 10.0. The minimum atomic E-state index is -0.839. The summed E-state index contributed by atoms with van der Waals surface area (Å²) in [4.78, 5) is 17.7. The van der Waals surface area contributed by atoms with Crippen LogP contribution in [0.4, 0.5) is 0 Å². The fourth-order valence-corrected chi connectivity index (χ4v) is 4.52.